The van der Waals surface area contributed by atoms with Crippen LogP contribution in [-0.4, -0.2) is 13.2 Å². The minimum absolute atomic E-state index is 0.612. The summed E-state index contributed by atoms with van der Waals surface area (Å²) in [7, 11) is 1.60. The molecule has 0 heterocycles. The summed E-state index contributed by atoms with van der Waals surface area (Å²) in [5.74, 6) is 1.58. The Morgan fingerprint density at radius 1 is 1.30 bits per heavy atom. The van der Waals surface area contributed by atoms with Gasteiger partial charge in [0.1, 0.15) is 11.8 Å². The van der Waals surface area contributed by atoms with Crippen molar-refractivity contribution in [2.75, 3.05) is 7.11 Å². The Morgan fingerprint density at radius 3 is 2.65 bits per heavy atom. The molecule has 0 unspecified atom stereocenters. The van der Waals surface area contributed by atoms with Crippen LogP contribution in [0.1, 0.15) is 50.2 Å². The normalized spacial score (nSPS) is 22.2. The molecule has 0 aromatic heterocycles. The van der Waals surface area contributed by atoms with E-state index in [9.17, 15) is 0 Å². The second-order valence-corrected chi connectivity index (χ2v) is 5.65. The third-order valence-electron chi connectivity index (χ3n) is 4.40. The third-order valence-corrected chi connectivity index (χ3v) is 4.40. The number of benzene rings is 1. The summed E-state index contributed by atoms with van der Waals surface area (Å²) in [6.07, 6.45) is 6.57. The Balaban J connectivity index is 1.87. The third kappa shape index (κ3) is 3.74. The van der Waals surface area contributed by atoms with Crippen LogP contribution < -0.4 is 10.1 Å². The van der Waals surface area contributed by atoms with Crippen LogP contribution in [0.3, 0.4) is 0 Å². The van der Waals surface area contributed by atoms with Gasteiger partial charge in [0.25, 0.3) is 0 Å². The standard InChI is InChI=1S/C17H24N2O/c1-3-13-4-7-16(8-5-13)19-12-14-6-9-17(20-2)15(10-14)11-18/h6,9-10,13,16,19H,3-5,7-8,12H2,1-2H3. The van der Waals surface area contributed by atoms with Crippen molar-refractivity contribution in [3.8, 4) is 11.8 Å². The largest absolute Gasteiger partial charge is 0.495 e. The highest BCUT2D eigenvalue weighted by Crippen LogP contribution is 2.26. The number of methoxy groups -OCH3 is 1. The fraction of sp³-hybridized carbons (Fsp3) is 0.588. The van der Waals surface area contributed by atoms with Crippen LogP contribution in [0.15, 0.2) is 18.2 Å². The van der Waals surface area contributed by atoms with Crippen molar-refractivity contribution in [2.45, 2.75) is 51.6 Å². The van der Waals surface area contributed by atoms with Gasteiger partial charge in [-0.15, -0.1) is 0 Å². The van der Waals surface area contributed by atoms with Gasteiger partial charge in [-0.2, -0.15) is 5.26 Å². The topological polar surface area (TPSA) is 45.0 Å². The van der Waals surface area contributed by atoms with E-state index in [1.54, 1.807) is 7.11 Å². The van der Waals surface area contributed by atoms with Crippen molar-refractivity contribution in [2.24, 2.45) is 5.92 Å². The van der Waals surface area contributed by atoms with Crippen molar-refractivity contribution < 1.29 is 4.74 Å². The monoisotopic (exact) mass is 272 g/mol. The average molecular weight is 272 g/mol. The van der Waals surface area contributed by atoms with E-state index in [2.05, 4.69) is 18.3 Å². The first-order valence-corrected chi connectivity index (χ1v) is 7.57. The summed E-state index contributed by atoms with van der Waals surface area (Å²) < 4.78 is 5.17. The Kier molecular flexibility index (Phi) is 5.43. The number of nitriles is 1. The fourth-order valence-corrected chi connectivity index (χ4v) is 2.99. The van der Waals surface area contributed by atoms with Crippen LogP contribution >= 0.6 is 0 Å². The first-order chi connectivity index (χ1) is 9.76. The molecule has 0 atom stereocenters. The molecule has 0 saturated heterocycles. The molecular weight excluding hydrogens is 248 g/mol. The molecule has 1 aliphatic rings. The SMILES string of the molecule is CCC1CCC(NCc2ccc(OC)c(C#N)c2)CC1. The van der Waals surface area contributed by atoms with E-state index >= 15 is 0 Å². The van der Waals surface area contributed by atoms with Gasteiger partial charge in [-0.25, -0.2) is 0 Å². The molecule has 1 aromatic rings. The number of hydrogen-bond donors (Lipinski definition) is 1. The van der Waals surface area contributed by atoms with E-state index in [4.69, 9.17) is 10.00 Å². The Labute approximate surface area is 121 Å². The minimum atomic E-state index is 0.612. The molecule has 0 spiro atoms. The second kappa shape index (κ2) is 7.31. The summed E-state index contributed by atoms with van der Waals surface area (Å²) in [5, 5.41) is 12.7. The maximum atomic E-state index is 9.10. The molecule has 2 rings (SSSR count). The zero-order chi connectivity index (χ0) is 14.4. The van der Waals surface area contributed by atoms with Crippen LogP contribution in [0.2, 0.25) is 0 Å². The Morgan fingerprint density at radius 2 is 2.05 bits per heavy atom. The summed E-state index contributed by atoms with van der Waals surface area (Å²) in [4.78, 5) is 0. The van der Waals surface area contributed by atoms with E-state index < -0.39 is 0 Å². The Bertz CT molecular complexity index is 470. The van der Waals surface area contributed by atoms with Crippen LogP contribution in [-0.2, 0) is 6.54 Å². The lowest BCUT2D eigenvalue weighted by atomic mass is 9.84. The second-order valence-electron chi connectivity index (χ2n) is 5.65. The molecular formula is C17H24N2O. The zero-order valence-corrected chi connectivity index (χ0v) is 12.5. The molecule has 3 nitrogen and oxygen atoms in total. The maximum Gasteiger partial charge on any atom is 0.136 e. The average Bonchev–Trinajstić information content (AvgIpc) is 2.53. The molecule has 0 bridgehead atoms. The predicted molar refractivity (Wildman–Crippen MR) is 80.6 cm³/mol. The van der Waals surface area contributed by atoms with Gasteiger partial charge in [0, 0.05) is 12.6 Å². The summed E-state index contributed by atoms with van der Waals surface area (Å²) in [6.45, 7) is 3.12. The van der Waals surface area contributed by atoms with Crippen LogP contribution in [0.25, 0.3) is 0 Å². The van der Waals surface area contributed by atoms with Gasteiger partial charge in [0.15, 0.2) is 0 Å². The lowest BCUT2D eigenvalue weighted by Gasteiger charge is -2.28. The van der Waals surface area contributed by atoms with Crippen molar-refractivity contribution in [1.29, 1.82) is 5.26 Å². The molecule has 0 amide bonds. The molecule has 1 N–H and O–H groups in total. The van der Waals surface area contributed by atoms with Crippen molar-refractivity contribution >= 4 is 0 Å². The molecule has 1 aliphatic carbocycles. The van der Waals surface area contributed by atoms with Gasteiger partial charge in [-0.05, 0) is 49.3 Å². The smallest absolute Gasteiger partial charge is 0.136 e. The molecule has 0 aliphatic heterocycles. The van der Waals surface area contributed by atoms with Gasteiger partial charge in [0.05, 0.1) is 12.7 Å². The van der Waals surface area contributed by atoms with Crippen LogP contribution in [0, 0.1) is 17.2 Å². The molecule has 1 fully saturated rings. The van der Waals surface area contributed by atoms with Crippen molar-refractivity contribution in [1.82, 2.24) is 5.32 Å². The number of rotatable bonds is 5. The van der Waals surface area contributed by atoms with E-state index in [1.165, 1.54) is 32.1 Å². The van der Waals surface area contributed by atoms with Crippen LogP contribution in [0.5, 0.6) is 5.75 Å². The van der Waals surface area contributed by atoms with E-state index in [-0.39, 0.29) is 0 Å². The van der Waals surface area contributed by atoms with Crippen LogP contribution in [0.4, 0.5) is 0 Å². The van der Waals surface area contributed by atoms with Gasteiger partial charge in [-0.3, -0.25) is 0 Å². The van der Waals surface area contributed by atoms with Crippen molar-refractivity contribution in [3.05, 3.63) is 29.3 Å². The van der Waals surface area contributed by atoms with Crippen molar-refractivity contribution in [3.63, 3.8) is 0 Å². The number of ether oxygens (including phenoxy) is 1. The highest BCUT2D eigenvalue weighted by Gasteiger charge is 2.19. The predicted octanol–water partition coefficient (Wildman–Crippen LogP) is 3.63. The van der Waals surface area contributed by atoms with Gasteiger partial charge >= 0.3 is 0 Å². The molecule has 20 heavy (non-hydrogen) atoms. The Hall–Kier alpha value is -1.53. The van der Waals surface area contributed by atoms with E-state index in [1.807, 2.05) is 18.2 Å². The minimum Gasteiger partial charge on any atom is -0.495 e. The summed E-state index contributed by atoms with van der Waals surface area (Å²) in [5.41, 5.74) is 1.77. The van der Waals surface area contributed by atoms with Gasteiger partial charge in [0.2, 0.25) is 0 Å². The number of nitrogens with zero attached hydrogens (tertiary/aromatic N) is 1. The van der Waals surface area contributed by atoms with Gasteiger partial charge < -0.3 is 10.1 Å². The molecule has 108 valence electrons. The molecule has 0 radical (unpaired) electrons. The number of hydrogen-bond acceptors (Lipinski definition) is 3. The molecule has 3 heteroatoms. The quantitative estimate of drug-likeness (QED) is 0.890. The lowest BCUT2D eigenvalue weighted by molar-refractivity contribution is 0.285. The lowest BCUT2D eigenvalue weighted by Crippen LogP contribution is -2.32. The summed E-state index contributed by atoms with van der Waals surface area (Å²) in [6, 6.07) is 8.65. The highest BCUT2D eigenvalue weighted by molar-refractivity contribution is 5.45. The van der Waals surface area contributed by atoms with E-state index in [0.717, 1.165) is 18.0 Å². The first kappa shape index (κ1) is 14.9. The zero-order valence-electron chi connectivity index (χ0n) is 12.5. The first-order valence-electron chi connectivity index (χ1n) is 7.57. The van der Waals surface area contributed by atoms with E-state index in [0.29, 0.717) is 17.4 Å². The summed E-state index contributed by atoms with van der Waals surface area (Å²) >= 11 is 0. The molecule has 1 saturated carbocycles. The number of nitrogens with one attached hydrogen (secondary N) is 1. The maximum absolute atomic E-state index is 9.10. The fourth-order valence-electron chi connectivity index (χ4n) is 2.99. The highest BCUT2D eigenvalue weighted by atomic mass is 16.5. The molecule has 1 aromatic carbocycles. The van der Waals surface area contributed by atoms with Gasteiger partial charge in [-0.1, -0.05) is 19.4 Å².